The molecule has 0 aliphatic rings. The van der Waals surface area contributed by atoms with Gasteiger partial charge >= 0.3 is 0 Å². The normalized spacial score (nSPS) is 11.8. The standard InChI is InChI=1S/C28H36O4/c1-9-16-30-23-13-11-22(12-14-23)25(29)15-10-21-17-24(28(6,7)8)27(32-20(4)5)26(18-21)31-19(2)3/h9-15,17-20H,1,16H2,2-8H3/b15-10+. The maximum atomic E-state index is 12.7. The Hall–Kier alpha value is -3.01. The first-order valence-electron chi connectivity index (χ1n) is 11.1. The van der Waals surface area contributed by atoms with Crippen LogP contribution in [0.3, 0.4) is 0 Å². The molecular formula is C28H36O4. The highest BCUT2D eigenvalue weighted by molar-refractivity contribution is 6.06. The number of hydrogen-bond acceptors (Lipinski definition) is 4. The third kappa shape index (κ3) is 7.30. The lowest BCUT2D eigenvalue weighted by Crippen LogP contribution is -2.18. The van der Waals surface area contributed by atoms with Crippen LogP contribution in [0.1, 0.15) is 70.0 Å². The summed E-state index contributed by atoms with van der Waals surface area (Å²) in [7, 11) is 0. The van der Waals surface area contributed by atoms with Gasteiger partial charge in [0, 0.05) is 11.1 Å². The third-order valence-electron chi connectivity index (χ3n) is 4.54. The summed E-state index contributed by atoms with van der Waals surface area (Å²) in [4.78, 5) is 12.7. The van der Waals surface area contributed by atoms with Crippen molar-refractivity contribution in [3.05, 3.63) is 71.8 Å². The summed E-state index contributed by atoms with van der Waals surface area (Å²) in [5, 5.41) is 0. The van der Waals surface area contributed by atoms with Crippen molar-refractivity contribution in [1.82, 2.24) is 0 Å². The topological polar surface area (TPSA) is 44.8 Å². The molecule has 172 valence electrons. The largest absolute Gasteiger partial charge is 0.490 e. The van der Waals surface area contributed by atoms with Gasteiger partial charge in [0.25, 0.3) is 0 Å². The number of ether oxygens (including phenoxy) is 3. The highest BCUT2D eigenvalue weighted by Gasteiger charge is 2.24. The number of ketones is 1. The summed E-state index contributed by atoms with van der Waals surface area (Å²) in [6.07, 6.45) is 5.12. The molecule has 0 amide bonds. The Bertz CT molecular complexity index is 945. The van der Waals surface area contributed by atoms with Crippen molar-refractivity contribution in [1.29, 1.82) is 0 Å². The first kappa shape index (κ1) is 25.3. The van der Waals surface area contributed by atoms with Crippen molar-refractivity contribution < 1.29 is 19.0 Å². The van der Waals surface area contributed by atoms with E-state index in [0.29, 0.717) is 23.7 Å². The molecule has 0 spiro atoms. The van der Waals surface area contributed by atoms with Crippen molar-refractivity contribution in [2.45, 2.75) is 66.1 Å². The summed E-state index contributed by atoms with van der Waals surface area (Å²) in [6, 6.07) is 11.1. The van der Waals surface area contributed by atoms with E-state index in [1.807, 2.05) is 39.8 Å². The maximum Gasteiger partial charge on any atom is 0.185 e. The Morgan fingerprint density at radius 3 is 2.16 bits per heavy atom. The molecule has 2 aromatic carbocycles. The van der Waals surface area contributed by atoms with E-state index in [0.717, 1.165) is 16.9 Å². The van der Waals surface area contributed by atoms with Gasteiger partial charge in [-0.2, -0.15) is 0 Å². The van der Waals surface area contributed by atoms with E-state index in [1.165, 1.54) is 0 Å². The molecule has 0 aliphatic heterocycles. The Balaban J connectivity index is 2.38. The van der Waals surface area contributed by atoms with Gasteiger partial charge in [-0.25, -0.2) is 0 Å². The molecule has 2 aromatic rings. The molecular weight excluding hydrogens is 400 g/mol. The van der Waals surface area contributed by atoms with Crippen LogP contribution in [0.15, 0.2) is 55.1 Å². The average Bonchev–Trinajstić information content (AvgIpc) is 2.70. The lowest BCUT2D eigenvalue weighted by molar-refractivity contribution is 0.104. The fraction of sp³-hybridized carbons (Fsp3) is 0.393. The third-order valence-corrected chi connectivity index (χ3v) is 4.54. The fourth-order valence-electron chi connectivity index (χ4n) is 3.11. The SMILES string of the molecule is C=CCOc1ccc(C(=O)/C=C/c2cc(OC(C)C)c(OC(C)C)c(C(C)(C)C)c2)cc1. The van der Waals surface area contributed by atoms with Crippen molar-refractivity contribution in [3.63, 3.8) is 0 Å². The second kappa shape index (κ2) is 11.0. The van der Waals surface area contributed by atoms with E-state index in [-0.39, 0.29) is 23.4 Å². The van der Waals surface area contributed by atoms with E-state index in [1.54, 1.807) is 36.4 Å². The van der Waals surface area contributed by atoms with Crippen LogP contribution in [0.5, 0.6) is 17.2 Å². The molecule has 0 atom stereocenters. The van der Waals surface area contributed by atoms with E-state index in [9.17, 15) is 4.79 Å². The summed E-state index contributed by atoms with van der Waals surface area (Å²) >= 11 is 0. The molecule has 0 aliphatic carbocycles. The second-order valence-corrected chi connectivity index (χ2v) is 9.30. The number of carbonyl (C=O) groups is 1. The average molecular weight is 437 g/mol. The molecule has 2 rings (SSSR count). The van der Waals surface area contributed by atoms with Crippen LogP contribution in [-0.2, 0) is 5.41 Å². The predicted molar refractivity (Wildman–Crippen MR) is 132 cm³/mol. The molecule has 32 heavy (non-hydrogen) atoms. The molecule has 0 N–H and O–H groups in total. The lowest BCUT2D eigenvalue weighted by Gasteiger charge is -2.27. The van der Waals surface area contributed by atoms with Gasteiger partial charge in [-0.05, 0) is 81.1 Å². The number of benzene rings is 2. The highest BCUT2D eigenvalue weighted by Crippen LogP contribution is 2.41. The monoisotopic (exact) mass is 436 g/mol. The molecule has 0 saturated carbocycles. The zero-order chi connectivity index (χ0) is 23.9. The fourth-order valence-corrected chi connectivity index (χ4v) is 3.11. The van der Waals surface area contributed by atoms with Gasteiger partial charge in [0.1, 0.15) is 12.4 Å². The number of carbonyl (C=O) groups excluding carboxylic acids is 1. The highest BCUT2D eigenvalue weighted by atomic mass is 16.5. The molecule has 0 aromatic heterocycles. The van der Waals surface area contributed by atoms with E-state index < -0.39 is 0 Å². The quantitative estimate of drug-likeness (QED) is 0.228. The Labute approximate surface area is 192 Å². The maximum absolute atomic E-state index is 12.7. The summed E-state index contributed by atoms with van der Waals surface area (Å²) in [6.45, 7) is 18.5. The Kier molecular flexibility index (Phi) is 8.71. The molecule has 0 radical (unpaired) electrons. The smallest absolute Gasteiger partial charge is 0.185 e. The first-order chi connectivity index (χ1) is 15.0. The van der Waals surface area contributed by atoms with Crippen molar-refractivity contribution in [2.75, 3.05) is 6.61 Å². The van der Waals surface area contributed by atoms with Gasteiger partial charge in [0.15, 0.2) is 17.3 Å². The summed E-state index contributed by atoms with van der Waals surface area (Å²) in [5.74, 6) is 2.08. The van der Waals surface area contributed by atoms with Crippen LogP contribution in [-0.4, -0.2) is 24.6 Å². The van der Waals surface area contributed by atoms with Crippen LogP contribution in [0, 0.1) is 0 Å². The summed E-state index contributed by atoms with van der Waals surface area (Å²) < 4.78 is 17.7. The van der Waals surface area contributed by atoms with Gasteiger partial charge in [0.2, 0.25) is 0 Å². The molecule has 0 unspecified atom stereocenters. The molecule has 0 heterocycles. The minimum absolute atomic E-state index is 0.0000140. The first-order valence-corrected chi connectivity index (χ1v) is 11.1. The molecule has 4 heteroatoms. The van der Waals surface area contributed by atoms with Gasteiger partial charge < -0.3 is 14.2 Å². The minimum Gasteiger partial charge on any atom is -0.490 e. The molecule has 0 saturated heterocycles. The van der Waals surface area contributed by atoms with Gasteiger partial charge in [-0.1, -0.05) is 39.5 Å². The zero-order valence-corrected chi connectivity index (χ0v) is 20.4. The second-order valence-electron chi connectivity index (χ2n) is 9.30. The zero-order valence-electron chi connectivity index (χ0n) is 20.4. The molecule has 0 bridgehead atoms. The van der Waals surface area contributed by atoms with Gasteiger partial charge in [0.05, 0.1) is 12.2 Å². The van der Waals surface area contributed by atoms with Crippen LogP contribution < -0.4 is 14.2 Å². The van der Waals surface area contributed by atoms with Gasteiger partial charge in [-0.3, -0.25) is 4.79 Å². The van der Waals surface area contributed by atoms with E-state index in [4.69, 9.17) is 14.2 Å². The Morgan fingerprint density at radius 2 is 1.62 bits per heavy atom. The van der Waals surface area contributed by atoms with Crippen molar-refractivity contribution >= 4 is 11.9 Å². The van der Waals surface area contributed by atoms with Crippen molar-refractivity contribution in [3.8, 4) is 17.2 Å². The van der Waals surface area contributed by atoms with Gasteiger partial charge in [-0.15, -0.1) is 0 Å². The lowest BCUT2D eigenvalue weighted by atomic mass is 9.85. The van der Waals surface area contributed by atoms with E-state index in [2.05, 4.69) is 33.4 Å². The van der Waals surface area contributed by atoms with Crippen LogP contribution in [0.2, 0.25) is 0 Å². The van der Waals surface area contributed by atoms with E-state index >= 15 is 0 Å². The van der Waals surface area contributed by atoms with Crippen LogP contribution >= 0.6 is 0 Å². The van der Waals surface area contributed by atoms with Crippen LogP contribution in [0.25, 0.3) is 6.08 Å². The molecule has 4 nitrogen and oxygen atoms in total. The number of rotatable bonds is 10. The minimum atomic E-state index is -0.158. The molecule has 0 fully saturated rings. The number of hydrogen-bond donors (Lipinski definition) is 0. The predicted octanol–water partition coefficient (Wildman–Crippen LogP) is 7.02. The number of allylic oxidation sites excluding steroid dienone is 1. The summed E-state index contributed by atoms with van der Waals surface area (Å²) in [5.41, 5.74) is 2.37. The van der Waals surface area contributed by atoms with Crippen LogP contribution in [0.4, 0.5) is 0 Å². The van der Waals surface area contributed by atoms with Crippen molar-refractivity contribution in [2.24, 2.45) is 0 Å². The Morgan fingerprint density at radius 1 is 1.00 bits per heavy atom.